The maximum absolute atomic E-state index is 10.7. The van der Waals surface area contributed by atoms with Gasteiger partial charge in [0.15, 0.2) is 0 Å². The first-order chi connectivity index (χ1) is 15.7. The Morgan fingerprint density at radius 3 is 2.62 bits per heavy atom. The summed E-state index contributed by atoms with van der Waals surface area (Å²) in [5, 5.41) is 18.6. The zero-order valence-electron chi connectivity index (χ0n) is 17.1. The molecule has 0 atom stereocenters. The number of aromatic nitrogens is 2. The van der Waals surface area contributed by atoms with Gasteiger partial charge in [0.25, 0.3) is 5.69 Å². The van der Waals surface area contributed by atoms with Crippen molar-refractivity contribution >= 4 is 39.4 Å². The van der Waals surface area contributed by atoms with Crippen molar-refractivity contribution in [2.45, 2.75) is 6.54 Å². The van der Waals surface area contributed by atoms with Crippen LogP contribution in [0, 0.1) is 10.1 Å². The van der Waals surface area contributed by atoms with E-state index in [1.807, 2.05) is 18.2 Å². The van der Waals surface area contributed by atoms with Gasteiger partial charge in [-0.15, -0.1) is 0 Å². The van der Waals surface area contributed by atoms with Gasteiger partial charge in [-0.2, -0.15) is 5.10 Å². The summed E-state index contributed by atoms with van der Waals surface area (Å²) in [6.07, 6.45) is 5.02. The zero-order chi connectivity index (χ0) is 21.9. The molecule has 5 aromatic rings. The number of fused-ring (bicyclic) bond motifs is 2. The third-order valence-corrected chi connectivity index (χ3v) is 5.33. The smallest absolute Gasteiger partial charge is 0.287 e. The number of hydrogen-bond donors (Lipinski definition) is 1. The number of nitrogens with zero attached hydrogens (tertiary/aromatic N) is 4. The Kier molecular flexibility index (Phi) is 5.05. The Labute approximate surface area is 183 Å². The normalized spacial score (nSPS) is 11.4. The number of rotatable bonds is 6. The second-order valence-electron chi connectivity index (χ2n) is 7.44. The molecule has 7 nitrogen and oxygen atoms in total. The zero-order valence-corrected chi connectivity index (χ0v) is 17.1. The molecular weight excluding hydrogens is 402 g/mol. The van der Waals surface area contributed by atoms with Gasteiger partial charge in [-0.25, -0.2) is 4.98 Å². The summed E-state index contributed by atoms with van der Waals surface area (Å²) in [4.78, 5) is 14.3. The lowest BCUT2D eigenvalue weighted by atomic mass is 10.1. The number of nitrogens with one attached hydrogen (secondary N) is 1. The maximum Gasteiger partial charge on any atom is 0.287 e. The number of para-hydroxylation sites is 1. The lowest BCUT2D eigenvalue weighted by Gasteiger charge is -2.07. The molecule has 0 aliphatic rings. The van der Waals surface area contributed by atoms with E-state index in [0.717, 1.165) is 23.0 Å². The summed E-state index contributed by atoms with van der Waals surface area (Å²) >= 11 is 0. The maximum atomic E-state index is 10.7. The van der Waals surface area contributed by atoms with Crippen molar-refractivity contribution in [2.24, 2.45) is 5.10 Å². The van der Waals surface area contributed by atoms with Crippen molar-refractivity contribution in [1.29, 1.82) is 0 Å². The summed E-state index contributed by atoms with van der Waals surface area (Å²) in [5.41, 5.74) is 6.08. The molecule has 3 aromatic carbocycles. The van der Waals surface area contributed by atoms with Gasteiger partial charge in [-0.05, 0) is 34.5 Å². The highest BCUT2D eigenvalue weighted by molar-refractivity contribution is 5.99. The number of anilines is 1. The molecule has 2 heterocycles. The van der Waals surface area contributed by atoms with Gasteiger partial charge in [0, 0.05) is 35.3 Å². The van der Waals surface area contributed by atoms with Crippen LogP contribution in [0.2, 0.25) is 0 Å². The first kappa shape index (κ1) is 19.4. The molecule has 0 bridgehead atoms. The van der Waals surface area contributed by atoms with Crippen molar-refractivity contribution in [3.05, 3.63) is 112 Å². The Morgan fingerprint density at radius 2 is 1.81 bits per heavy atom. The lowest BCUT2D eigenvalue weighted by molar-refractivity contribution is -0.385. The van der Waals surface area contributed by atoms with Crippen molar-refractivity contribution in [3.63, 3.8) is 0 Å². The molecule has 0 amide bonds. The molecule has 0 radical (unpaired) electrons. The van der Waals surface area contributed by atoms with E-state index in [9.17, 15) is 10.1 Å². The molecule has 0 saturated heterocycles. The molecule has 32 heavy (non-hydrogen) atoms. The Balaban J connectivity index is 1.40. The summed E-state index contributed by atoms with van der Waals surface area (Å²) in [6.45, 7) is 0.747. The summed E-state index contributed by atoms with van der Waals surface area (Å²) in [5.74, 6) is 0.437. The third kappa shape index (κ3) is 3.91. The molecule has 0 aliphatic carbocycles. The minimum absolute atomic E-state index is 0.0590. The van der Waals surface area contributed by atoms with E-state index in [1.165, 1.54) is 34.7 Å². The van der Waals surface area contributed by atoms with Crippen LogP contribution in [0.1, 0.15) is 11.1 Å². The number of pyridine rings is 1. The molecule has 7 heteroatoms. The highest BCUT2D eigenvalue weighted by Crippen LogP contribution is 2.23. The van der Waals surface area contributed by atoms with Gasteiger partial charge >= 0.3 is 0 Å². The topological polar surface area (TPSA) is 85.4 Å². The fraction of sp³-hybridized carbons (Fsp3) is 0.0400. The predicted octanol–water partition coefficient (Wildman–Crippen LogP) is 5.59. The van der Waals surface area contributed by atoms with Crippen LogP contribution in [0.15, 0.2) is 96.4 Å². The van der Waals surface area contributed by atoms with Crippen LogP contribution in [0.25, 0.3) is 21.7 Å². The average Bonchev–Trinajstić information content (AvgIpc) is 3.17. The second kappa shape index (κ2) is 8.31. The average molecular weight is 421 g/mol. The van der Waals surface area contributed by atoms with Gasteiger partial charge in [0.1, 0.15) is 12.0 Å². The highest BCUT2D eigenvalue weighted by atomic mass is 16.6. The molecule has 0 fully saturated rings. The van der Waals surface area contributed by atoms with E-state index in [-0.39, 0.29) is 5.69 Å². The predicted molar refractivity (Wildman–Crippen MR) is 127 cm³/mol. The molecule has 5 rings (SSSR count). The molecule has 0 spiro atoms. The number of hydrogen-bond acceptors (Lipinski definition) is 5. The van der Waals surface area contributed by atoms with Crippen molar-refractivity contribution in [1.82, 2.24) is 9.55 Å². The molecule has 1 N–H and O–H groups in total. The minimum atomic E-state index is -0.482. The van der Waals surface area contributed by atoms with Crippen molar-refractivity contribution in [3.8, 4) is 0 Å². The fourth-order valence-electron chi connectivity index (χ4n) is 3.77. The number of nitro groups is 1. The van der Waals surface area contributed by atoms with Crippen molar-refractivity contribution < 1.29 is 4.92 Å². The third-order valence-electron chi connectivity index (χ3n) is 5.33. The monoisotopic (exact) mass is 421 g/mol. The largest absolute Gasteiger partial charge is 0.342 e. The molecule has 156 valence electrons. The molecular formula is C25H19N5O2. The molecule has 0 unspecified atom stereocenters. The Hall–Kier alpha value is -4.52. The van der Waals surface area contributed by atoms with Crippen LogP contribution >= 0.6 is 0 Å². The Bertz CT molecular complexity index is 1450. The van der Waals surface area contributed by atoms with Crippen LogP contribution in [0.3, 0.4) is 0 Å². The van der Waals surface area contributed by atoms with Gasteiger partial charge in [-0.3, -0.25) is 15.5 Å². The van der Waals surface area contributed by atoms with Crippen LogP contribution in [-0.4, -0.2) is 20.7 Å². The summed E-state index contributed by atoms with van der Waals surface area (Å²) in [7, 11) is 0. The van der Waals surface area contributed by atoms with Gasteiger partial charge in [-0.1, -0.05) is 54.6 Å². The quantitative estimate of drug-likeness (QED) is 0.220. The van der Waals surface area contributed by atoms with Gasteiger partial charge < -0.3 is 4.57 Å². The van der Waals surface area contributed by atoms with Crippen molar-refractivity contribution in [2.75, 3.05) is 5.43 Å². The van der Waals surface area contributed by atoms with Crippen LogP contribution in [-0.2, 0) is 6.54 Å². The molecule has 0 aliphatic heterocycles. The first-order valence-corrected chi connectivity index (χ1v) is 10.1. The first-order valence-electron chi connectivity index (χ1n) is 10.1. The van der Waals surface area contributed by atoms with E-state index in [4.69, 9.17) is 0 Å². The van der Waals surface area contributed by atoms with Crippen LogP contribution in [0.4, 0.5) is 11.5 Å². The van der Waals surface area contributed by atoms with E-state index in [1.54, 1.807) is 6.21 Å². The van der Waals surface area contributed by atoms with E-state index in [2.05, 4.69) is 74.8 Å². The minimum Gasteiger partial charge on any atom is -0.342 e. The standard InChI is InChI=1S/C25H19N5O2/c31-30(32)22-11-12-25(26-15-22)28-27-14-21-17-29(24-8-4-3-7-23(21)24)16-18-9-10-19-5-1-2-6-20(19)13-18/h1-15,17H,16H2,(H,26,28)/b27-14-. The van der Waals surface area contributed by atoms with E-state index in [0.29, 0.717) is 5.82 Å². The van der Waals surface area contributed by atoms with E-state index < -0.39 is 4.92 Å². The second-order valence-corrected chi connectivity index (χ2v) is 7.44. The lowest BCUT2D eigenvalue weighted by Crippen LogP contribution is -1.98. The SMILES string of the molecule is O=[N+]([O-])c1ccc(N/N=C\c2cn(Cc3ccc4ccccc4c3)c3ccccc23)nc1. The number of benzene rings is 3. The van der Waals surface area contributed by atoms with Crippen LogP contribution < -0.4 is 5.43 Å². The van der Waals surface area contributed by atoms with Crippen LogP contribution in [0.5, 0.6) is 0 Å². The summed E-state index contributed by atoms with van der Waals surface area (Å²) < 4.78 is 2.21. The number of hydrazone groups is 1. The molecule has 2 aromatic heterocycles. The van der Waals surface area contributed by atoms with Gasteiger partial charge in [0.05, 0.1) is 11.1 Å². The van der Waals surface area contributed by atoms with E-state index >= 15 is 0 Å². The molecule has 0 saturated carbocycles. The summed E-state index contributed by atoms with van der Waals surface area (Å²) in [6, 6.07) is 26.0. The highest BCUT2D eigenvalue weighted by Gasteiger charge is 2.08. The Morgan fingerprint density at radius 1 is 1.00 bits per heavy atom. The fourth-order valence-corrected chi connectivity index (χ4v) is 3.77. The van der Waals surface area contributed by atoms with Gasteiger partial charge in [0.2, 0.25) is 0 Å².